The fourth-order valence-corrected chi connectivity index (χ4v) is 5.41. The van der Waals surface area contributed by atoms with E-state index in [0.717, 1.165) is 57.8 Å². The van der Waals surface area contributed by atoms with Crippen molar-refractivity contribution in [3.63, 3.8) is 0 Å². The Kier molecular flexibility index (Phi) is 28.7. The van der Waals surface area contributed by atoms with Gasteiger partial charge in [0.1, 0.15) is 0 Å². The lowest BCUT2D eigenvalue weighted by Gasteiger charge is -2.21. The van der Waals surface area contributed by atoms with E-state index in [9.17, 15) is 22.9 Å². The van der Waals surface area contributed by atoms with Gasteiger partial charge in [0.15, 0.2) is 0 Å². The molecule has 0 aromatic rings. The number of hydrogen-bond donors (Lipinski definition) is 3. The number of rotatable bonds is 29. The number of allylic oxidation sites excluding steroid dienone is 9. The fourth-order valence-electron chi connectivity index (χ4n) is 4.67. The van der Waals surface area contributed by atoms with E-state index >= 15 is 0 Å². The molecule has 0 aliphatic carbocycles. The summed E-state index contributed by atoms with van der Waals surface area (Å²) in [4.78, 5) is 12.4. The third-order valence-electron chi connectivity index (χ3n) is 7.20. The van der Waals surface area contributed by atoms with Crippen molar-refractivity contribution in [2.45, 2.75) is 154 Å². The molecule has 2 unspecified atom stereocenters. The van der Waals surface area contributed by atoms with Crippen molar-refractivity contribution < 1.29 is 22.9 Å². The zero-order valence-electron chi connectivity index (χ0n) is 27.3. The minimum absolute atomic E-state index is 0.241. The molecule has 2 atom stereocenters. The monoisotopic (exact) mass is 621 g/mol. The van der Waals surface area contributed by atoms with Gasteiger partial charge in [-0.25, -0.2) is 0 Å². The number of carbonyl (C=O) groups is 1. The van der Waals surface area contributed by atoms with Crippen molar-refractivity contribution in [1.29, 1.82) is 0 Å². The van der Waals surface area contributed by atoms with E-state index < -0.39 is 28.0 Å². The summed E-state index contributed by atoms with van der Waals surface area (Å²) in [6.07, 6.45) is 40.6. The summed E-state index contributed by atoms with van der Waals surface area (Å²) >= 11 is 0. The lowest BCUT2D eigenvalue weighted by molar-refractivity contribution is -0.122. The van der Waals surface area contributed by atoms with Crippen LogP contribution in [0, 0.1) is 0 Å². The maximum Gasteiger partial charge on any atom is 0.267 e. The highest BCUT2D eigenvalue weighted by molar-refractivity contribution is 7.85. The van der Waals surface area contributed by atoms with Gasteiger partial charge in [0.25, 0.3) is 10.1 Å². The van der Waals surface area contributed by atoms with Gasteiger partial charge in [-0.15, -0.1) is 0 Å². The molecular weight excluding hydrogens is 558 g/mol. The molecule has 0 saturated heterocycles. The van der Waals surface area contributed by atoms with Crippen LogP contribution >= 0.6 is 0 Å². The van der Waals surface area contributed by atoms with Crippen LogP contribution in [0.15, 0.2) is 60.8 Å². The van der Waals surface area contributed by atoms with Gasteiger partial charge < -0.3 is 10.4 Å². The highest BCUT2D eigenvalue weighted by Gasteiger charge is 2.24. The highest BCUT2D eigenvalue weighted by Crippen LogP contribution is 2.12. The summed E-state index contributed by atoms with van der Waals surface area (Å²) in [5.74, 6) is -1.04. The molecule has 43 heavy (non-hydrogen) atoms. The lowest BCUT2D eigenvalue weighted by Crippen LogP contribution is -2.46. The lowest BCUT2D eigenvalue weighted by atomic mass is 10.0. The minimum atomic E-state index is -4.35. The first-order valence-corrected chi connectivity index (χ1v) is 18.6. The zero-order valence-corrected chi connectivity index (χ0v) is 28.1. The SMILES string of the molecule is CC/C=C\C/C=C\C/C=C\C/C=C\CCCCC(=O)NC(CS(=O)(=O)O)C(O)/C=C/CCCCCCCCCCCCC. The average molecular weight is 622 g/mol. The predicted octanol–water partition coefficient (Wildman–Crippen LogP) is 9.34. The van der Waals surface area contributed by atoms with Crippen LogP contribution in [0.1, 0.15) is 142 Å². The van der Waals surface area contributed by atoms with Gasteiger partial charge in [0, 0.05) is 6.42 Å². The molecule has 0 radical (unpaired) electrons. The van der Waals surface area contributed by atoms with Gasteiger partial charge >= 0.3 is 0 Å². The molecule has 248 valence electrons. The molecule has 6 nitrogen and oxygen atoms in total. The number of amides is 1. The molecule has 0 aromatic carbocycles. The molecule has 0 aliphatic heterocycles. The van der Waals surface area contributed by atoms with Crippen LogP contribution in [0.3, 0.4) is 0 Å². The second-order valence-corrected chi connectivity index (χ2v) is 12.9. The number of nitrogens with one attached hydrogen (secondary N) is 1. The predicted molar refractivity (Wildman–Crippen MR) is 184 cm³/mol. The van der Waals surface area contributed by atoms with Crippen molar-refractivity contribution in [2.75, 3.05) is 5.75 Å². The Hall–Kier alpha value is -1.96. The van der Waals surface area contributed by atoms with E-state index in [1.54, 1.807) is 0 Å². The second-order valence-electron chi connectivity index (χ2n) is 11.4. The van der Waals surface area contributed by atoms with Gasteiger partial charge in [-0.2, -0.15) is 8.42 Å². The first kappa shape index (κ1) is 41.0. The smallest absolute Gasteiger partial charge is 0.267 e. The Morgan fingerprint density at radius 2 is 1.12 bits per heavy atom. The van der Waals surface area contributed by atoms with Crippen LogP contribution in [0.4, 0.5) is 0 Å². The number of unbranched alkanes of at least 4 members (excludes halogenated alkanes) is 13. The van der Waals surface area contributed by atoms with Gasteiger partial charge in [-0.3, -0.25) is 9.35 Å². The quantitative estimate of drug-likeness (QED) is 0.0439. The largest absolute Gasteiger partial charge is 0.387 e. The van der Waals surface area contributed by atoms with Gasteiger partial charge in [0.2, 0.25) is 5.91 Å². The number of aliphatic hydroxyl groups is 1. The van der Waals surface area contributed by atoms with Crippen LogP contribution in [0.2, 0.25) is 0 Å². The number of aliphatic hydroxyl groups excluding tert-OH is 1. The molecule has 0 spiro atoms. The molecule has 0 rings (SSSR count). The maximum atomic E-state index is 12.4. The summed E-state index contributed by atoms with van der Waals surface area (Å²) in [6.45, 7) is 4.37. The molecule has 0 aromatic heterocycles. The third-order valence-corrected chi connectivity index (χ3v) is 7.98. The van der Waals surface area contributed by atoms with Crippen LogP contribution in [0.25, 0.3) is 0 Å². The Morgan fingerprint density at radius 1 is 0.651 bits per heavy atom. The van der Waals surface area contributed by atoms with E-state index in [2.05, 4.69) is 67.8 Å². The van der Waals surface area contributed by atoms with Gasteiger partial charge in [-0.05, 0) is 57.8 Å². The topological polar surface area (TPSA) is 104 Å². The average Bonchev–Trinajstić information content (AvgIpc) is 2.96. The Labute approximate surface area is 264 Å². The normalized spacial score (nSPS) is 14.2. The molecule has 0 aliphatic rings. The van der Waals surface area contributed by atoms with Crippen molar-refractivity contribution in [1.82, 2.24) is 5.32 Å². The van der Waals surface area contributed by atoms with Crippen LogP contribution in [-0.2, 0) is 14.9 Å². The Balaban J connectivity index is 4.15. The van der Waals surface area contributed by atoms with E-state index in [1.807, 2.05) is 6.08 Å². The summed E-state index contributed by atoms with van der Waals surface area (Å²) < 4.78 is 32.3. The van der Waals surface area contributed by atoms with Crippen molar-refractivity contribution in [3.8, 4) is 0 Å². The van der Waals surface area contributed by atoms with E-state index in [4.69, 9.17) is 0 Å². The summed E-state index contributed by atoms with van der Waals surface area (Å²) in [6, 6.07) is -1.08. The number of carbonyl (C=O) groups excluding carboxylic acids is 1. The maximum absolute atomic E-state index is 12.4. The second kappa shape index (κ2) is 30.1. The Bertz CT molecular complexity index is 905. The minimum Gasteiger partial charge on any atom is -0.387 e. The fraction of sp³-hybridized carbons (Fsp3) is 0.694. The van der Waals surface area contributed by atoms with E-state index in [0.29, 0.717) is 6.42 Å². The molecule has 3 N–H and O–H groups in total. The Morgan fingerprint density at radius 3 is 1.65 bits per heavy atom. The standard InChI is InChI=1S/C36H63NO5S/c1-3-5-7-9-11-13-15-17-18-20-22-24-26-28-30-32-36(39)37-34(33-43(40,41)42)35(38)31-29-27-25-23-21-19-16-14-12-10-8-6-4-2/h5,7,11,13,17-18,22,24,29,31,34-35,38H,3-4,6,8-10,12,14-16,19-21,23,25-28,30,32-33H2,1-2H3,(H,37,39)(H,40,41,42)/b7-5-,13-11-,18-17-,24-22-,31-29+. The summed E-state index contributed by atoms with van der Waals surface area (Å²) in [7, 11) is -4.35. The molecule has 1 amide bonds. The molecular formula is C36H63NO5S. The number of hydrogen-bond acceptors (Lipinski definition) is 4. The third kappa shape index (κ3) is 31.3. The summed E-state index contributed by atoms with van der Waals surface area (Å²) in [5, 5.41) is 13.1. The molecule has 0 fully saturated rings. The van der Waals surface area contributed by atoms with Crippen molar-refractivity contribution >= 4 is 16.0 Å². The first-order chi connectivity index (χ1) is 20.8. The van der Waals surface area contributed by atoms with Crippen molar-refractivity contribution in [2.24, 2.45) is 0 Å². The van der Waals surface area contributed by atoms with Crippen LogP contribution < -0.4 is 5.32 Å². The first-order valence-electron chi connectivity index (χ1n) is 17.0. The van der Waals surface area contributed by atoms with E-state index in [1.165, 1.54) is 63.9 Å². The van der Waals surface area contributed by atoms with Gasteiger partial charge in [-0.1, -0.05) is 139 Å². The van der Waals surface area contributed by atoms with Gasteiger partial charge in [0.05, 0.1) is 17.9 Å². The molecule has 7 heteroatoms. The molecule has 0 bridgehead atoms. The van der Waals surface area contributed by atoms with Crippen LogP contribution in [0.5, 0.6) is 0 Å². The molecule has 0 saturated carbocycles. The van der Waals surface area contributed by atoms with Crippen LogP contribution in [-0.4, -0.2) is 41.9 Å². The zero-order chi connectivity index (χ0) is 31.9. The van der Waals surface area contributed by atoms with Crippen molar-refractivity contribution in [3.05, 3.63) is 60.8 Å². The molecule has 0 heterocycles. The highest BCUT2D eigenvalue weighted by atomic mass is 32.2. The summed E-state index contributed by atoms with van der Waals surface area (Å²) in [5.41, 5.74) is 0. The van der Waals surface area contributed by atoms with E-state index in [-0.39, 0.29) is 12.3 Å².